The lowest BCUT2D eigenvalue weighted by molar-refractivity contribution is -0.116. The van der Waals surface area contributed by atoms with Crippen molar-refractivity contribution in [1.29, 1.82) is 0 Å². The summed E-state index contributed by atoms with van der Waals surface area (Å²) in [5.41, 5.74) is 2.08. The number of benzene rings is 2. The fourth-order valence-corrected chi connectivity index (χ4v) is 3.08. The summed E-state index contributed by atoms with van der Waals surface area (Å²) in [6, 6.07) is 15.9. The molecule has 0 unspecified atom stereocenters. The van der Waals surface area contributed by atoms with Gasteiger partial charge >= 0.3 is 0 Å². The number of nitrogens with zero attached hydrogens (tertiary/aromatic N) is 2. The Morgan fingerprint density at radius 2 is 1.90 bits per heavy atom. The molecule has 1 aromatic heterocycles. The molecule has 1 heterocycles. The predicted molar refractivity (Wildman–Crippen MR) is 117 cm³/mol. The predicted octanol–water partition coefficient (Wildman–Crippen LogP) is 3.99. The van der Waals surface area contributed by atoms with Crippen LogP contribution in [0.25, 0.3) is 5.69 Å². The van der Waals surface area contributed by atoms with Crippen LogP contribution in [0.5, 0.6) is 5.75 Å². The van der Waals surface area contributed by atoms with Gasteiger partial charge in [0.25, 0.3) is 5.91 Å². The number of hydrogen-bond donors (Lipinski definition) is 2. The number of anilines is 1. The number of aryl methyl sites for hydroxylation is 1. The second-order valence-corrected chi connectivity index (χ2v) is 7.14. The third-order valence-corrected chi connectivity index (χ3v) is 4.61. The number of nitrogens with one attached hydrogen (secondary N) is 2. The van der Waals surface area contributed by atoms with Gasteiger partial charge in [-0.05, 0) is 55.8 Å². The number of carbonyl (C=O) groups excluding carboxylic acids is 2. The Morgan fingerprint density at radius 1 is 1.13 bits per heavy atom. The van der Waals surface area contributed by atoms with Crippen LogP contribution in [-0.4, -0.2) is 35.2 Å². The quantitative estimate of drug-likeness (QED) is 0.533. The molecule has 3 aromatic rings. The van der Waals surface area contributed by atoms with Crippen molar-refractivity contribution in [3.63, 3.8) is 0 Å². The van der Waals surface area contributed by atoms with Crippen molar-refractivity contribution in [3.05, 3.63) is 70.9 Å². The largest absolute Gasteiger partial charge is 0.497 e. The first-order valence-corrected chi connectivity index (χ1v) is 9.89. The number of ether oxygens (including phenoxy) is 1. The van der Waals surface area contributed by atoms with Crippen LogP contribution < -0.4 is 15.4 Å². The highest BCUT2D eigenvalue weighted by Gasteiger charge is 2.12. The molecule has 30 heavy (non-hydrogen) atoms. The molecule has 2 amide bonds. The fourth-order valence-electron chi connectivity index (χ4n) is 2.89. The van der Waals surface area contributed by atoms with Gasteiger partial charge in [0.1, 0.15) is 11.6 Å². The molecule has 0 fully saturated rings. The zero-order chi connectivity index (χ0) is 21.5. The minimum atomic E-state index is -0.187. The van der Waals surface area contributed by atoms with Crippen molar-refractivity contribution < 1.29 is 14.3 Å². The minimum absolute atomic E-state index is 0.156. The van der Waals surface area contributed by atoms with Crippen molar-refractivity contribution in [2.45, 2.75) is 19.8 Å². The maximum atomic E-state index is 12.4. The SMILES string of the molecule is COc1ccc(C(=O)NCCCC(=O)Nc2cc(C)nn2-c2cccc(Cl)c2)cc1. The molecule has 0 aliphatic rings. The number of carbonyl (C=O) groups is 2. The van der Waals surface area contributed by atoms with Gasteiger partial charge in [0.15, 0.2) is 0 Å². The Morgan fingerprint density at radius 3 is 2.60 bits per heavy atom. The van der Waals surface area contributed by atoms with E-state index >= 15 is 0 Å². The van der Waals surface area contributed by atoms with E-state index in [1.54, 1.807) is 54.3 Å². The Bertz CT molecular complexity index is 1030. The zero-order valence-electron chi connectivity index (χ0n) is 16.8. The number of methoxy groups -OCH3 is 1. The number of aromatic nitrogens is 2. The van der Waals surface area contributed by atoms with Crippen LogP contribution in [0, 0.1) is 6.92 Å². The van der Waals surface area contributed by atoms with Crippen molar-refractivity contribution in [2.24, 2.45) is 0 Å². The molecule has 0 spiro atoms. The van der Waals surface area contributed by atoms with Gasteiger partial charge in [0, 0.05) is 29.6 Å². The molecule has 0 aliphatic carbocycles. The highest BCUT2D eigenvalue weighted by molar-refractivity contribution is 6.30. The summed E-state index contributed by atoms with van der Waals surface area (Å²) in [7, 11) is 1.57. The summed E-state index contributed by atoms with van der Waals surface area (Å²) in [5.74, 6) is 0.919. The van der Waals surface area contributed by atoms with E-state index in [9.17, 15) is 9.59 Å². The normalized spacial score (nSPS) is 10.5. The van der Waals surface area contributed by atoms with Gasteiger partial charge in [0.05, 0.1) is 18.5 Å². The smallest absolute Gasteiger partial charge is 0.251 e. The standard InChI is InChI=1S/C22H23ClN4O3/c1-15-13-20(27(26-15)18-6-3-5-17(23)14-18)25-21(28)7-4-12-24-22(29)16-8-10-19(30-2)11-9-16/h3,5-6,8-11,13-14H,4,7,12H2,1-2H3,(H,24,29)(H,25,28). The van der Waals surface area contributed by atoms with E-state index in [1.165, 1.54) is 0 Å². The molecule has 8 heteroatoms. The maximum absolute atomic E-state index is 12.4. The van der Waals surface area contributed by atoms with Gasteiger partial charge in [0.2, 0.25) is 5.91 Å². The van der Waals surface area contributed by atoms with Crippen LogP contribution in [-0.2, 0) is 4.79 Å². The Balaban J connectivity index is 1.50. The molecule has 0 radical (unpaired) electrons. The van der Waals surface area contributed by atoms with Gasteiger partial charge in [-0.1, -0.05) is 17.7 Å². The molecule has 2 N–H and O–H groups in total. The average Bonchev–Trinajstić information content (AvgIpc) is 3.11. The van der Waals surface area contributed by atoms with Crippen LogP contribution in [0.15, 0.2) is 54.6 Å². The minimum Gasteiger partial charge on any atom is -0.497 e. The lowest BCUT2D eigenvalue weighted by Crippen LogP contribution is -2.25. The van der Waals surface area contributed by atoms with Crippen LogP contribution >= 0.6 is 11.6 Å². The number of hydrogen-bond acceptors (Lipinski definition) is 4. The molecule has 0 atom stereocenters. The van der Waals surface area contributed by atoms with E-state index in [4.69, 9.17) is 16.3 Å². The van der Waals surface area contributed by atoms with E-state index in [2.05, 4.69) is 15.7 Å². The maximum Gasteiger partial charge on any atom is 0.251 e. The second kappa shape index (κ2) is 9.93. The lowest BCUT2D eigenvalue weighted by atomic mass is 10.2. The molecule has 7 nitrogen and oxygen atoms in total. The van der Waals surface area contributed by atoms with Gasteiger partial charge in [-0.25, -0.2) is 4.68 Å². The van der Waals surface area contributed by atoms with Crippen LogP contribution in [0.2, 0.25) is 5.02 Å². The summed E-state index contributed by atoms with van der Waals surface area (Å²) < 4.78 is 6.72. The van der Waals surface area contributed by atoms with Crippen LogP contribution in [0.3, 0.4) is 0 Å². The Hall–Kier alpha value is -3.32. The van der Waals surface area contributed by atoms with Crippen LogP contribution in [0.4, 0.5) is 5.82 Å². The monoisotopic (exact) mass is 426 g/mol. The first-order chi connectivity index (χ1) is 14.5. The molecule has 3 rings (SSSR count). The molecule has 0 saturated carbocycles. The summed E-state index contributed by atoms with van der Waals surface area (Å²) in [4.78, 5) is 24.5. The first-order valence-electron chi connectivity index (χ1n) is 9.51. The van der Waals surface area contributed by atoms with E-state index in [-0.39, 0.29) is 18.2 Å². The molecule has 2 aromatic carbocycles. The first kappa shape index (κ1) is 21.4. The van der Waals surface area contributed by atoms with E-state index in [0.717, 1.165) is 11.4 Å². The molecule has 0 saturated heterocycles. The third kappa shape index (κ3) is 5.61. The van der Waals surface area contributed by atoms with E-state index < -0.39 is 0 Å². The Labute approximate surface area is 180 Å². The third-order valence-electron chi connectivity index (χ3n) is 4.37. The highest BCUT2D eigenvalue weighted by Crippen LogP contribution is 2.20. The van der Waals surface area contributed by atoms with Crippen molar-refractivity contribution >= 4 is 29.2 Å². The second-order valence-electron chi connectivity index (χ2n) is 6.70. The van der Waals surface area contributed by atoms with Gasteiger partial charge in [-0.15, -0.1) is 0 Å². The summed E-state index contributed by atoms with van der Waals surface area (Å²) in [6.07, 6.45) is 0.778. The number of amides is 2. The molecule has 0 aliphatic heterocycles. The van der Waals surface area contributed by atoms with Crippen molar-refractivity contribution in [2.75, 3.05) is 19.0 Å². The topological polar surface area (TPSA) is 85.2 Å². The summed E-state index contributed by atoms with van der Waals surface area (Å²) in [5, 5.41) is 10.7. The highest BCUT2D eigenvalue weighted by atomic mass is 35.5. The van der Waals surface area contributed by atoms with Gasteiger partial charge < -0.3 is 15.4 Å². The van der Waals surface area contributed by atoms with Crippen molar-refractivity contribution in [1.82, 2.24) is 15.1 Å². The van der Waals surface area contributed by atoms with Gasteiger partial charge in [-0.3, -0.25) is 9.59 Å². The number of halogens is 1. The van der Waals surface area contributed by atoms with Gasteiger partial charge in [-0.2, -0.15) is 5.10 Å². The molecular formula is C22H23ClN4O3. The summed E-state index contributed by atoms with van der Waals surface area (Å²) >= 11 is 6.06. The molecule has 0 bridgehead atoms. The summed E-state index contributed by atoms with van der Waals surface area (Å²) in [6.45, 7) is 2.25. The van der Waals surface area contributed by atoms with Crippen LogP contribution in [0.1, 0.15) is 28.9 Å². The Kier molecular flexibility index (Phi) is 7.08. The zero-order valence-corrected chi connectivity index (χ0v) is 17.6. The lowest BCUT2D eigenvalue weighted by Gasteiger charge is -2.10. The van der Waals surface area contributed by atoms with E-state index in [1.807, 2.05) is 19.1 Å². The van der Waals surface area contributed by atoms with Crippen molar-refractivity contribution in [3.8, 4) is 11.4 Å². The molecular weight excluding hydrogens is 404 g/mol. The number of rotatable bonds is 8. The van der Waals surface area contributed by atoms with E-state index in [0.29, 0.717) is 35.1 Å². The fraction of sp³-hybridized carbons (Fsp3) is 0.227. The molecule has 156 valence electrons. The average molecular weight is 427 g/mol.